The lowest BCUT2D eigenvalue weighted by Gasteiger charge is -2.15. The van der Waals surface area contributed by atoms with Crippen LogP contribution in [-0.4, -0.2) is 5.11 Å². The van der Waals surface area contributed by atoms with Crippen molar-refractivity contribution in [1.29, 1.82) is 0 Å². The first-order valence-corrected chi connectivity index (χ1v) is 7.12. The third-order valence-corrected chi connectivity index (χ3v) is 3.92. The van der Waals surface area contributed by atoms with E-state index >= 15 is 0 Å². The van der Waals surface area contributed by atoms with Gasteiger partial charge < -0.3 is 9.84 Å². The molecule has 0 bridgehead atoms. The van der Waals surface area contributed by atoms with E-state index in [1.165, 1.54) is 6.07 Å². The van der Waals surface area contributed by atoms with Gasteiger partial charge in [0, 0.05) is 11.1 Å². The summed E-state index contributed by atoms with van der Waals surface area (Å²) in [5, 5.41) is 9.74. The maximum atomic E-state index is 13.4. The van der Waals surface area contributed by atoms with E-state index < -0.39 is 6.10 Å². The smallest absolute Gasteiger partial charge is 0.137 e. The minimum absolute atomic E-state index is 0.238. The second kappa shape index (κ2) is 6.37. The molecule has 2 rings (SSSR count). The molecule has 2 aromatic carbocycles. The molecule has 0 aliphatic carbocycles. The van der Waals surface area contributed by atoms with Crippen molar-refractivity contribution in [2.75, 3.05) is 0 Å². The van der Waals surface area contributed by atoms with E-state index in [1.807, 2.05) is 25.1 Å². The van der Waals surface area contributed by atoms with Gasteiger partial charge in [-0.3, -0.25) is 0 Å². The van der Waals surface area contributed by atoms with E-state index in [-0.39, 0.29) is 12.4 Å². The van der Waals surface area contributed by atoms with Gasteiger partial charge in [0.1, 0.15) is 18.2 Å². The molecule has 1 N–H and O–H groups in total. The summed E-state index contributed by atoms with van der Waals surface area (Å²) < 4.78 is 19.6. The average Bonchev–Trinajstić information content (AvgIpc) is 2.40. The zero-order valence-electron chi connectivity index (χ0n) is 11.4. The summed E-state index contributed by atoms with van der Waals surface area (Å²) in [7, 11) is 0. The van der Waals surface area contributed by atoms with E-state index in [4.69, 9.17) is 4.74 Å². The quantitative estimate of drug-likeness (QED) is 0.887. The predicted molar refractivity (Wildman–Crippen MR) is 80.2 cm³/mol. The highest BCUT2D eigenvalue weighted by Crippen LogP contribution is 2.28. The maximum Gasteiger partial charge on any atom is 0.137 e. The van der Waals surface area contributed by atoms with Gasteiger partial charge in [-0.15, -0.1) is 0 Å². The van der Waals surface area contributed by atoms with Crippen LogP contribution in [0.5, 0.6) is 5.75 Å². The summed E-state index contributed by atoms with van der Waals surface area (Å²) in [5.74, 6) is 0.308. The molecule has 0 heterocycles. The van der Waals surface area contributed by atoms with Crippen molar-refractivity contribution in [2.24, 2.45) is 0 Å². The Morgan fingerprint density at radius 1 is 1.30 bits per heavy atom. The summed E-state index contributed by atoms with van der Waals surface area (Å²) in [5.41, 5.74) is 2.49. The lowest BCUT2D eigenvalue weighted by molar-refractivity contribution is 0.190. The molecular formula is C16H16BrFO2. The van der Waals surface area contributed by atoms with Gasteiger partial charge in [0.2, 0.25) is 0 Å². The molecule has 20 heavy (non-hydrogen) atoms. The van der Waals surface area contributed by atoms with Gasteiger partial charge in [-0.25, -0.2) is 4.39 Å². The highest BCUT2D eigenvalue weighted by atomic mass is 79.9. The molecule has 2 nitrogen and oxygen atoms in total. The fraction of sp³-hybridized carbons (Fsp3) is 0.250. The molecule has 0 saturated carbocycles. The second-order valence-electron chi connectivity index (χ2n) is 4.72. The minimum Gasteiger partial charge on any atom is -0.488 e. The first-order valence-electron chi connectivity index (χ1n) is 6.33. The van der Waals surface area contributed by atoms with Gasteiger partial charge in [-0.1, -0.05) is 24.3 Å². The standard InChI is InChI=1S/C16H16BrFO2/c1-10-6-7-13(11(2)19)15(8-10)20-9-12-4-3-5-14(18)16(12)17/h3-8,11,19H,9H2,1-2H3/t11-/m0/s1. The Morgan fingerprint density at radius 2 is 2.05 bits per heavy atom. The minimum atomic E-state index is -0.610. The average molecular weight is 339 g/mol. The van der Waals surface area contributed by atoms with Crippen LogP contribution in [-0.2, 0) is 6.61 Å². The Kier molecular flexibility index (Phi) is 4.78. The monoisotopic (exact) mass is 338 g/mol. The first-order chi connectivity index (χ1) is 9.49. The number of halogens is 2. The van der Waals surface area contributed by atoms with Crippen molar-refractivity contribution < 1.29 is 14.2 Å². The number of aliphatic hydroxyl groups excluding tert-OH is 1. The fourth-order valence-electron chi connectivity index (χ4n) is 1.93. The fourth-order valence-corrected chi connectivity index (χ4v) is 2.31. The largest absolute Gasteiger partial charge is 0.488 e. The Morgan fingerprint density at radius 3 is 2.75 bits per heavy atom. The van der Waals surface area contributed by atoms with Crippen molar-refractivity contribution in [2.45, 2.75) is 26.6 Å². The topological polar surface area (TPSA) is 29.5 Å². The lowest BCUT2D eigenvalue weighted by atomic mass is 10.1. The third kappa shape index (κ3) is 3.38. The van der Waals surface area contributed by atoms with E-state index in [0.717, 1.165) is 16.7 Å². The predicted octanol–water partition coefficient (Wildman–Crippen LogP) is 4.53. The van der Waals surface area contributed by atoms with Gasteiger partial charge in [0.15, 0.2) is 0 Å². The Hall–Kier alpha value is -1.39. The Balaban J connectivity index is 2.22. The number of aliphatic hydroxyl groups is 1. The first kappa shape index (κ1) is 15.0. The van der Waals surface area contributed by atoms with E-state index in [2.05, 4.69) is 15.9 Å². The number of hydrogen-bond acceptors (Lipinski definition) is 2. The number of rotatable bonds is 4. The van der Waals surface area contributed by atoms with E-state index in [9.17, 15) is 9.50 Å². The molecular weight excluding hydrogens is 323 g/mol. The molecule has 4 heteroatoms. The van der Waals surface area contributed by atoms with Crippen LogP contribution in [0.2, 0.25) is 0 Å². The van der Waals surface area contributed by atoms with Crippen molar-refractivity contribution >= 4 is 15.9 Å². The molecule has 106 valence electrons. The van der Waals surface area contributed by atoms with Crippen LogP contribution in [0.3, 0.4) is 0 Å². The molecule has 0 fully saturated rings. The molecule has 1 atom stereocenters. The summed E-state index contributed by atoms with van der Waals surface area (Å²) in [4.78, 5) is 0. The van der Waals surface area contributed by atoms with Crippen molar-refractivity contribution in [3.05, 3.63) is 63.4 Å². The normalized spacial score (nSPS) is 12.2. The molecule has 0 amide bonds. The lowest BCUT2D eigenvalue weighted by Crippen LogP contribution is -2.02. The van der Waals surface area contributed by atoms with Crippen molar-refractivity contribution in [1.82, 2.24) is 0 Å². The zero-order chi connectivity index (χ0) is 14.7. The van der Waals surface area contributed by atoms with Crippen LogP contribution < -0.4 is 4.74 Å². The Labute approximate surface area is 126 Å². The SMILES string of the molecule is Cc1ccc([C@H](C)O)c(OCc2cccc(F)c2Br)c1. The highest BCUT2D eigenvalue weighted by Gasteiger charge is 2.11. The number of hydrogen-bond donors (Lipinski definition) is 1. The van der Waals surface area contributed by atoms with Gasteiger partial charge in [-0.2, -0.15) is 0 Å². The van der Waals surface area contributed by atoms with Gasteiger partial charge in [0.25, 0.3) is 0 Å². The molecule has 0 unspecified atom stereocenters. The van der Waals surface area contributed by atoms with Crippen LogP contribution >= 0.6 is 15.9 Å². The van der Waals surface area contributed by atoms with Crippen LogP contribution in [0.4, 0.5) is 4.39 Å². The number of aryl methyl sites for hydroxylation is 1. The molecule has 0 aliphatic rings. The van der Waals surface area contributed by atoms with Crippen molar-refractivity contribution in [3.63, 3.8) is 0 Å². The third-order valence-electron chi connectivity index (χ3n) is 3.03. The molecule has 0 aliphatic heterocycles. The molecule has 0 radical (unpaired) electrons. The van der Waals surface area contributed by atoms with Gasteiger partial charge in [-0.05, 0) is 47.5 Å². The van der Waals surface area contributed by atoms with Crippen LogP contribution in [0.1, 0.15) is 29.7 Å². The van der Waals surface area contributed by atoms with Crippen LogP contribution in [0.15, 0.2) is 40.9 Å². The van der Waals surface area contributed by atoms with Crippen LogP contribution in [0.25, 0.3) is 0 Å². The molecule has 2 aromatic rings. The summed E-state index contributed by atoms with van der Waals surface area (Å²) >= 11 is 3.21. The van der Waals surface area contributed by atoms with Crippen molar-refractivity contribution in [3.8, 4) is 5.75 Å². The summed E-state index contributed by atoms with van der Waals surface area (Å²) in [6.07, 6.45) is -0.610. The second-order valence-corrected chi connectivity index (χ2v) is 5.51. The Bertz CT molecular complexity index is 611. The van der Waals surface area contributed by atoms with E-state index in [1.54, 1.807) is 19.1 Å². The van der Waals surface area contributed by atoms with Gasteiger partial charge >= 0.3 is 0 Å². The summed E-state index contributed by atoms with van der Waals surface area (Å²) in [6, 6.07) is 10.5. The number of ether oxygens (including phenoxy) is 1. The van der Waals surface area contributed by atoms with E-state index in [0.29, 0.717) is 10.2 Å². The van der Waals surface area contributed by atoms with Crippen LogP contribution in [0, 0.1) is 12.7 Å². The van der Waals surface area contributed by atoms with Gasteiger partial charge in [0.05, 0.1) is 10.6 Å². The zero-order valence-corrected chi connectivity index (χ0v) is 12.9. The molecule has 0 spiro atoms. The maximum absolute atomic E-state index is 13.4. The highest BCUT2D eigenvalue weighted by molar-refractivity contribution is 9.10. The number of benzene rings is 2. The molecule has 0 saturated heterocycles. The summed E-state index contributed by atoms with van der Waals surface area (Å²) in [6.45, 7) is 3.88. The molecule has 0 aromatic heterocycles.